The lowest BCUT2D eigenvalue weighted by Crippen LogP contribution is -2.18. The number of Topliss-reactive ketones (excluding diaryl/α,β-unsaturated/α-hetero) is 1. The predicted molar refractivity (Wildman–Crippen MR) is 83.7 cm³/mol. The summed E-state index contributed by atoms with van der Waals surface area (Å²) in [6, 6.07) is 16.7. The highest BCUT2D eigenvalue weighted by Crippen LogP contribution is 2.24. The Morgan fingerprint density at radius 2 is 1.81 bits per heavy atom. The van der Waals surface area contributed by atoms with Crippen LogP contribution in [0.25, 0.3) is 10.2 Å². The summed E-state index contributed by atoms with van der Waals surface area (Å²) in [7, 11) is 0. The second kappa shape index (κ2) is 5.97. The molecule has 0 amide bonds. The van der Waals surface area contributed by atoms with Gasteiger partial charge in [-0.1, -0.05) is 42.5 Å². The van der Waals surface area contributed by atoms with Crippen LogP contribution >= 0.6 is 11.3 Å². The van der Waals surface area contributed by atoms with Crippen molar-refractivity contribution in [2.75, 3.05) is 0 Å². The summed E-state index contributed by atoms with van der Waals surface area (Å²) in [5.41, 5.74) is 1.48. The quantitative estimate of drug-likeness (QED) is 0.411. The molecule has 0 bridgehead atoms. The molecule has 1 aromatic heterocycles. The molecule has 0 N–H and O–H groups in total. The summed E-state index contributed by atoms with van der Waals surface area (Å²) in [5.74, 6) is -0.821. The smallest absolute Gasteiger partial charge is 0.173 e. The van der Waals surface area contributed by atoms with Gasteiger partial charge < -0.3 is 4.79 Å². The molecular weight excluding hydrogens is 282 g/mol. The third-order valence-corrected chi connectivity index (χ3v) is 4.35. The molecule has 104 valence electrons. The van der Waals surface area contributed by atoms with Gasteiger partial charge in [-0.15, -0.1) is 11.3 Å². The van der Waals surface area contributed by atoms with Gasteiger partial charge in [0.25, 0.3) is 0 Å². The Morgan fingerprint density at radius 3 is 2.52 bits per heavy atom. The molecular formula is C17H13NO2S. The molecule has 0 saturated carbocycles. The Labute approximate surface area is 126 Å². The van der Waals surface area contributed by atoms with E-state index in [0.29, 0.717) is 12.0 Å². The molecule has 3 rings (SSSR count). The van der Waals surface area contributed by atoms with Gasteiger partial charge in [0.2, 0.25) is 0 Å². The van der Waals surface area contributed by atoms with Crippen molar-refractivity contribution in [2.24, 2.45) is 5.92 Å². The molecule has 2 aromatic carbocycles. The number of thiazole rings is 1. The normalized spacial score (nSPS) is 12.2. The van der Waals surface area contributed by atoms with E-state index < -0.39 is 5.92 Å². The number of fused-ring (bicyclic) bond motifs is 1. The number of aldehydes is 1. The molecule has 0 saturated heterocycles. The highest BCUT2D eigenvalue weighted by molar-refractivity contribution is 7.18. The third kappa shape index (κ3) is 2.90. The second-order valence-corrected chi connectivity index (χ2v) is 5.87. The molecule has 1 atom stereocenters. The van der Waals surface area contributed by atoms with Crippen LogP contribution in [0, 0.1) is 5.92 Å². The van der Waals surface area contributed by atoms with Crippen LogP contribution in [0.3, 0.4) is 0 Å². The Morgan fingerprint density at radius 1 is 1.10 bits per heavy atom. The van der Waals surface area contributed by atoms with Crippen LogP contribution in [0.15, 0.2) is 54.6 Å². The highest BCUT2D eigenvalue weighted by atomic mass is 32.1. The molecule has 0 aliphatic heterocycles. The maximum absolute atomic E-state index is 12.3. The zero-order valence-electron chi connectivity index (χ0n) is 11.2. The van der Waals surface area contributed by atoms with Gasteiger partial charge in [-0.3, -0.25) is 4.79 Å². The molecule has 0 fully saturated rings. The largest absolute Gasteiger partial charge is 0.303 e. The van der Waals surface area contributed by atoms with Crippen molar-refractivity contribution in [3.63, 3.8) is 0 Å². The van der Waals surface area contributed by atoms with Gasteiger partial charge in [0.1, 0.15) is 6.29 Å². The number of carbonyl (C=O) groups is 2. The summed E-state index contributed by atoms with van der Waals surface area (Å²) in [6.45, 7) is 0. The molecule has 3 aromatic rings. The number of nitrogens with zero attached hydrogens (tertiary/aromatic N) is 1. The molecule has 21 heavy (non-hydrogen) atoms. The van der Waals surface area contributed by atoms with Crippen LogP contribution in [-0.4, -0.2) is 17.1 Å². The third-order valence-electron chi connectivity index (χ3n) is 3.29. The Hall–Kier alpha value is -2.33. The number of para-hydroxylation sites is 1. The van der Waals surface area contributed by atoms with Crippen LogP contribution < -0.4 is 0 Å². The number of benzene rings is 2. The topological polar surface area (TPSA) is 47.0 Å². The van der Waals surface area contributed by atoms with Crippen molar-refractivity contribution >= 4 is 33.6 Å². The van der Waals surface area contributed by atoms with E-state index in [1.165, 1.54) is 11.3 Å². The molecule has 1 heterocycles. The number of hydrogen-bond donors (Lipinski definition) is 0. The molecule has 0 spiro atoms. The fourth-order valence-electron chi connectivity index (χ4n) is 2.21. The molecule has 1 unspecified atom stereocenters. The van der Waals surface area contributed by atoms with Crippen LogP contribution in [0.1, 0.15) is 15.4 Å². The number of aromatic nitrogens is 1. The maximum Gasteiger partial charge on any atom is 0.173 e. The van der Waals surface area contributed by atoms with Gasteiger partial charge in [-0.05, 0) is 12.1 Å². The molecule has 0 radical (unpaired) electrons. The van der Waals surface area contributed by atoms with Crippen molar-refractivity contribution in [2.45, 2.75) is 6.42 Å². The zero-order valence-corrected chi connectivity index (χ0v) is 12.0. The summed E-state index contributed by atoms with van der Waals surface area (Å²) in [4.78, 5) is 28.1. The summed E-state index contributed by atoms with van der Waals surface area (Å²) in [6.07, 6.45) is 1.08. The minimum Gasteiger partial charge on any atom is -0.303 e. The van der Waals surface area contributed by atoms with Crippen molar-refractivity contribution in [3.8, 4) is 0 Å². The van der Waals surface area contributed by atoms with E-state index in [-0.39, 0.29) is 5.78 Å². The number of carbonyl (C=O) groups excluding carboxylic acids is 2. The van der Waals surface area contributed by atoms with Crippen molar-refractivity contribution in [1.29, 1.82) is 0 Å². The van der Waals surface area contributed by atoms with Gasteiger partial charge in [0.05, 0.1) is 21.1 Å². The first-order valence-electron chi connectivity index (χ1n) is 6.67. The van der Waals surface area contributed by atoms with Crippen LogP contribution in [0.4, 0.5) is 0 Å². The molecule has 3 nitrogen and oxygen atoms in total. The van der Waals surface area contributed by atoms with Gasteiger partial charge in [-0.25, -0.2) is 4.98 Å². The average Bonchev–Trinajstić information content (AvgIpc) is 2.95. The highest BCUT2D eigenvalue weighted by Gasteiger charge is 2.21. The predicted octanol–water partition coefficient (Wildman–Crippen LogP) is 3.54. The Balaban J connectivity index is 1.84. The lowest BCUT2D eigenvalue weighted by atomic mass is 9.96. The Kier molecular flexibility index (Phi) is 3.88. The number of ketones is 1. The lowest BCUT2D eigenvalue weighted by Gasteiger charge is -2.07. The SMILES string of the molecule is O=CC(Cc1nc2ccccc2s1)C(=O)c1ccccc1. The van der Waals surface area contributed by atoms with Gasteiger partial charge in [0.15, 0.2) is 5.78 Å². The molecule has 4 heteroatoms. The monoisotopic (exact) mass is 295 g/mol. The van der Waals surface area contributed by atoms with E-state index in [0.717, 1.165) is 21.5 Å². The molecule has 0 aliphatic rings. The van der Waals surface area contributed by atoms with Gasteiger partial charge in [0, 0.05) is 12.0 Å². The van der Waals surface area contributed by atoms with E-state index in [1.54, 1.807) is 24.3 Å². The minimum absolute atomic E-state index is 0.148. The van der Waals surface area contributed by atoms with Crippen LogP contribution in [0.2, 0.25) is 0 Å². The van der Waals surface area contributed by atoms with Gasteiger partial charge in [-0.2, -0.15) is 0 Å². The van der Waals surface area contributed by atoms with Gasteiger partial charge >= 0.3 is 0 Å². The van der Waals surface area contributed by atoms with E-state index in [9.17, 15) is 9.59 Å². The summed E-state index contributed by atoms with van der Waals surface area (Å²) >= 11 is 1.53. The molecule has 0 aliphatic carbocycles. The van der Waals surface area contributed by atoms with Crippen molar-refractivity contribution in [3.05, 3.63) is 65.2 Å². The minimum atomic E-state index is -0.673. The second-order valence-electron chi connectivity index (χ2n) is 4.75. The summed E-state index contributed by atoms with van der Waals surface area (Å²) < 4.78 is 1.07. The van der Waals surface area contributed by atoms with Crippen LogP contribution in [-0.2, 0) is 11.2 Å². The van der Waals surface area contributed by atoms with Crippen molar-refractivity contribution in [1.82, 2.24) is 4.98 Å². The zero-order chi connectivity index (χ0) is 14.7. The van der Waals surface area contributed by atoms with E-state index in [2.05, 4.69) is 4.98 Å². The first kappa shape index (κ1) is 13.6. The van der Waals surface area contributed by atoms with E-state index >= 15 is 0 Å². The van der Waals surface area contributed by atoms with Crippen LogP contribution in [0.5, 0.6) is 0 Å². The number of hydrogen-bond acceptors (Lipinski definition) is 4. The van der Waals surface area contributed by atoms with Crippen molar-refractivity contribution < 1.29 is 9.59 Å². The summed E-state index contributed by atoms with van der Waals surface area (Å²) in [5, 5.41) is 0.817. The van der Waals surface area contributed by atoms with E-state index in [4.69, 9.17) is 0 Å². The standard InChI is InChI=1S/C17H13NO2S/c19-11-13(17(20)12-6-2-1-3-7-12)10-16-18-14-8-4-5-9-15(14)21-16/h1-9,11,13H,10H2. The fraction of sp³-hybridized carbons (Fsp3) is 0.118. The fourth-order valence-corrected chi connectivity index (χ4v) is 3.24. The first-order chi connectivity index (χ1) is 10.3. The first-order valence-corrected chi connectivity index (χ1v) is 7.48. The lowest BCUT2D eigenvalue weighted by molar-refractivity contribution is -0.109. The Bertz CT molecular complexity index is 747. The maximum atomic E-state index is 12.3. The number of rotatable bonds is 5. The van der Waals surface area contributed by atoms with E-state index in [1.807, 2.05) is 30.3 Å². The average molecular weight is 295 g/mol.